The first-order valence-corrected chi connectivity index (χ1v) is 10.9. The van der Waals surface area contributed by atoms with E-state index in [4.69, 9.17) is 9.47 Å². The van der Waals surface area contributed by atoms with Crippen molar-refractivity contribution in [3.63, 3.8) is 0 Å². The van der Waals surface area contributed by atoms with Gasteiger partial charge in [-0.1, -0.05) is 18.2 Å². The number of hydrogen-bond donors (Lipinski definition) is 2. The van der Waals surface area contributed by atoms with Crippen LogP contribution in [0.5, 0.6) is 5.75 Å². The molecule has 1 amide bonds. The van der Waals surface area contributed by atoms with Gasteiger partial charge in [-0.3, -0.25) is 9.78 Å². The molecule has 0 spiro atoms. The van der Waals surface area contributed by atoms with E-state index in [1.807, 2.05) is 50.2 Å². The lowest BCUT2D eigenvalue weighted by Crippen LogP contribution is -2.44. The normalized spacial score (nSPS) is 10.8. The second-order valence-corrected chi connectivity index (χ2v) is 7.39. The Labute approximate surface area is 214 Å². The maximum absolute atomic E-state index is 12.5. The van der Waals surface area contributed by atoms with Gasteiger partial charge >= 0.3 is 0 Å². The number of likely N-dealkylation sites (N-methyl/N-ethyl adjacent to an activating group) is 1. The number of hydrogen-bond acceptors (Lipinski definition) is 5. The monoisotopic (exact) mass is 569 g/mol. The van der Waals surface area contributed by atoms with Crippen molar-refractivity contribution in [3.8, 4) is 5.75 Å². The van der Waals surface area contributed by atoms with Gasteiger partial charge in [0.2, 0.25) is 5.91 Å². The van der Waals surface area contributed by atoms with Gasteiger partial charge in [0.1, 0.15) is 12.4 Å². The molecule has 0 unspecified atom stereocenters. The average Bonchev–Trinajstić information content (AvgIpc) is 2.80. The van der Waals surface area contributed by atoms with Crippen molar-refractivity contribution in [3.05, 3.63) is 59.4 Å². The first kappa shape index (κ1) is 28.6. The highest BCUT2D eigenvalue weighted by molar-refractivity contribution is 14.0. The van der Waals surface area contributed by atoms with Crippen molar-refractivity contribution in [2.45, 2.75) is 26.8 Å². The summed E-state index contributed by atoms with van der Waals surface area (Å²) in [6, 6.07) is 11.9. The van der Waals surface area contributed by atoms with Gasteiger partial charge in [-0.25, -0.2) is 4.99 Å². The number of aryl methyl sites for hydroxylation is 1. The Morgan fingerprint density at radius 1 is 1.18 bits per heavy atom. The number of methoxy groups -OCH3 is 1. The minimum Gasteiger partial charge on any atom is -0.491 e. The third-order valence-corrected chi connectivity index (χ3v) is 4.78. The summed E-state index contributed by atoms with van der Waals surface area (Å²) in [6.45, 7) is 6.92. The first-order chi connectivity index (χ1) is 15.5. The fourth-order valence-corrected chi connectivity index (χ4v) is 2.91. The Morgan fingerprint density at radius 2 is 2.00 bits per heavy atom. The summed E-state index contributed by atoms with van der Waals surface area (Å²) < 4.78 is 10.9. The summed E-state index contributed by atoms with van der Waals surface area (Å²) in [5, 5.41) is 6.31. The van der Waals surface area contributed by atoms with Crippen LogP contribution in [-0.2, 0) is 22.5 Å². The molecule has 8 nitrogen and oxygen atoms in total. The van der Waals surface area contributed by atoms with Crippen molar-refractivity contribution in [2.24, 2.45) is 4.99 Å². The van der Waals surface area contributed by atoms with Crippen molar-refractivity contribution >= 4 is 35.8 Å². The molecule has 0 bridgehead atoms. The van der Waals surface area contributed by atoms with Gasteiger partial charge in [0.15, 0.2) is 5.96 Å². The van der Waals surface area contributed by atoms with Crippen molar-refractivity contribution < 1.29 is 14.3 Å². The fraction of sp³-hybridized carbons (Fsp3) is 0.458. The number of rotatable bonds is 12. The zero-order chi connectivity index (χ0) is 23.2. The summed E-state index contributed by atoms with van der Waals surface area (Å²) >= 11 is 0. The predicted octanol–water partition coefficient (Wildman–Crippen LogP) is 2.79. The van der Waals surface area contributed by atoms with Gasteiger partial charge in [0.25, 0.3) is 0 Å². The number of pyridine rings is 1. The van der Waals surface area contributed by atoms with Gasteiger partial charge in [-0.15, -0.1) is 24.0 Å². The van der Waals surface area contributed by atoms with Gasteiger partial charge in [0, 0.05) is 51.1 Å². The molecule has 9 heteroatoms. The minimum absolute atomic E-state index is 0. The first-order valence-electron chi connectivity index (χ1n) is 10.9. The number of nitrogens with zero attached hydrogens (tertiary/aromatic N) is 3. The maximum atomic E-state index is 12.5. The number of ether oxygens (including phenoxy) is 2. The largest absolute Gasteiger partial charge is 0.491 e. The van der Waals surface area contributed by atoms with Crippen LogP contribution < -0.4 is 15.4 Å². The second kappa shape index (κ2) is 16.2. The van der Waals surface area contributed by atoms with E-state index in [0.29, 0.717) is 38.8 Å². The highest BCUT2D eigenvalue weighted by Crippen LogP contribution is 2.21. The number of aliphatic imine (C=N–C) groups is 1. The third kappa shape index (κ3) is 10.8. The van der Waals surface area contributed by atoms with Crippen molar-refractivity contribution in [2.75, 3.05) is 47.0 Å². The van der Waals surface area contributed by atoms with E-state index in [9.17, 15) is 4.79 Å². The van der Waals surface area contributed by atoms with Gasteiger partial charge in [0.05, 0.1) is 19.7 Å². The number of halogens is 1. The molecule has 0 atom stereocenters. The molecule has 33 heavy (non-hydrogen) atoms. The highest BCUT2D eigenvalue weighted by Gasteiger charge is 2.10. The van der Waals surface area contributed by atoms with E-state index in [-0.39, 0.29) is 36.4 Å². The molecule has 0 radical (unpaired) electrons. The molecule has 182 valence electrons. The zero-order valence-electron chi connectivity index (χ0n) is 20.0. The van der Waals surface area contributed by atoms with Crippen LogP contribution in [0.2, 0.25) is 0 Å². The molecule has 0 aliphatic rings. The van der Waals surface area contributed by atoms with Crippen LogP contribution in [0.15, 0.2) is 47.6 Å². The Morgan fingerprint density at radius 3 is 2.70 bits per heavy atom. The standard InChI is InChI=1S/C24H35N5O3.HI/c1-5-25-24(27-17-20-10-9-19(2)16-22(20)32-15-14-31-4)28-18-23(30)29(3)13-11-21-8-6-7-12-26-21;/h6-10,12,16H,5,11,13-15,17-18H2,1-4H3,(H2,25,27,28);1H. The molecule has 0 aliphatic heterocycles. The molecule has 1 aromatic heterocycles. The quantitative estimate of drug-likeness (QED) is 0.177. The molecule has 0 fully saturated rings. The number of carbonyl (C=O) groups is 1. The molecule has 0 saturated carbocycles. The molecule has 2 rings (SSSR count). The average molecular weight is 569 g/mol. The maximum Gasteiger partial charge on any atom is 0.241 e. The number of carbonyl (C=O) groups excluding carboxylic acids is 1. The fourth-order valence-electron chi connectivity index (χ4n) is 2.91. The minimum atomic E-state index is -0.00884. The van der Waals surface area contributed by atoms with Crippen LogP contribution in [0.1, 0.15) is 23.7 Å². The number of aromatic nitrogens is 1. The summed E-state index contributed by atoms with van der Waals surface area (Å²) in [4.78, 5) is 23.1. The Bertz CT molecular complexity index is 864. The van der Waals surface area contributed by atoms with Crippen LogP contribution in [0.3, 0.4) is 0 Å². The van der Waals surface area contributed by atoms with E-state index in [2.05, 4.69) is 20.6 Å². The molecule has 0 saturated heterocycles. The van der Waals surface area contributed by atoms with Crippen LogP contribution in [0.4, 0.5) is 0 Å². The van der Waals surface area contributed by atoms with E-state index < -0.39 is 0 Å². The second-order valence-electron chi connectivity index (χ2n) is 7.39. The molecular weight excluding hydrogens is 533 g/mol. The molecule has 1 aromatic carbocycles. The molecule has 1 heterocycles. The Balaban J connectivity index is 0.00000544. The molecule has 0 aliphatic carbocycles. The number of nitrogens with one attached hydrogen (secondary N) is 2. The summed E-state index contributed by atoms with van der Waals surface area (Å²) in [6.07, 6.45) is 2.48. The molecular formula is C24H36IN5O3. The number of benzene rings is 1. The van der Waals surface area contributed by atoms with Crippen molar-refractivity contribution in [1.82, 2.24) is 20.5 Å². The van der Waals surface area contributed by atoms with E-state index in [1.165, 1.54) is 0 Å². The van der Waals surface area contributed by atoms with E-state index >= 15 is 0 Å². The van der Waals surface area contributed by atoms with Crippen LogP contribution >= 0.6 is 24.0 Å². The SMILES string of the molecule is CCNC(=NCc1ccc(C)cc1OCCOC)NCC(=O)N(C)CCc1ccccn1.I. The van der Waals surface area contributed by atoms with Gasteiger partial charge < -0.3 is 25.0 Å². The summed E-state index contributed by atoms with van der Waals surface area (Å²) in [5.74, 6) is 1.37. The van der Waals surface area contributed by atoms with Gasteiger partial charge in [-0.05, 0) is 37.6 Å². The summed E-state index contributed by atoms with van der Waals surface area (Å²) in [7, 11) is 3.45. The lowest BCUT2D eigenvalue weighted by atomic mass is 10.1. The third-order valence-electron chi connectivity index (χ3n) is 4.78. The lowest BCUT2D eigenvalue weighted by molar-refractivity contribution is -0.128. The van der Waals surface area contributed by atoms with Crippen LogP contribution in [0, 0.1) is 6.92 Å². The smallest absolute Gasteiger partial charge is 0.241 e. The Hall–Kier alpha value is -2.40. The van der Waals surface area contributed by atoms with Crippen molar-refractivity contribution in [1.29, 1.82) is 0 Å². The van der Waals surface area contributed by atoms with Gasteiger partial charge in [-0.2, -0.15) is 0 Å². The predicted molar refractivity (Wildman–Crippen MR) is 142 cm³/mol. The molecule has 2 N–H and O–H groups in total. The highest BCUT2D eigenvalue weighted by atomic mass is 127. The number of amides is 1. The zero-order valence-corrected chi connectivity index (χ0v) is 22.3. The number of guanidine groups is 1. The van der Waals surface area contributed by atoms with Crippen LogP contribution in [0.25, 0.3) is 0 Å². The summed E-state index contributed by atoms with van der Waals surface area (Å²) in [5.41, 5.74) is 3.06. The molecule has 2 aromatic rings. The Kier molecular flexibility index (Phi) is 14.1. The van der Waals surface area contributed by atoms with Crippen LogP contribution in [-0.4, -0.2) is 68.8 Å². The van der Waals surface area contributed by atoms with E-state index in [0.717, 1.165) is 29.0 Å². The van der Waals surface area contributed by atoms with E-state index in [1.54, 1.807) is 25.3 Å². The topological polar surface area (TPSA) is 88.1 Å². The lowest BCUT2D eigenvalue weighted by Gasteiger charge is -2.18.